The number of nitrogens with zero attached hydrogens (tertiary/aromatic N) is 2. The minimum atomic E-state index is 0.265. The lowest BCUT2D eigenvalue weighted by molar-refractivity contribution is -0.00619. The first-order chi connectivity index (χ1) is 10.2. The molecule has 1 aromatic heterocycles. The van der Waals surface area contributed by atoms with Crippen molar-refractivity contribution in [1.82, 2.24) is 9.36 Å². The summed E-state index contributed by atoms with van der Waals surface area (Å²) in [6.45, 7) is 1.05. The van der Waals surface area contributed by atoms with Crippen LogP contribution in [0, 0.1) is 17.8 Å². The van der Waals surface area contributed by atoms with Gasteiger partial charge in [-0.05, 0) is 75.5 Å². The van der Waals surface area contributed by atoms with E-state index in [0.717, 1.165) is 30.7 Å². The van der Waals surface area contributed by atoms with Gasteiger partial charge in [-0.15, -0.1) is 0 Å². The van der Waals surface area contributed by atoms with E-state index in [2.05, 4.69) is 4.68 Å². The van der Waals surface area contributed by atoms with E-state index < -0.39 is 0 Å². The summed E-state index contributed by atoms with van der Waals surface area (Å²) < 4.78 is 4.24. The second kappa shape index (κ2) is 4.05. The van der Waals surface area contributed by atoms with Gasteiger partial charge < -0.3 is 0 Å². The molecule has 3 heteroatoms. The SMILES string of the molecule is Cn1c(=O)c(C23CC4CC(CC(C4)C2)C3)c2n1CCCC2. The van der Waals surface area contributed by atoms with E-state index in [1.54, 1.807) is 0 Å². The highest BCUT2D eigenvalue weighted by Gasteiger charge is 2.54. The van der Waals surface area contributed by atoms with Gasteiger partial charge in [0, 0.05) is 30.3 Å². The molecule has 4 saturated carbocycles. The molecular weight excluding hydrogens is 260 g/mol. The number of fused-ring (bicyclic) bond motifs is 1. The highest BCUT2D eigenvalue weighted by Crippen LogP contribution is 2.60. The fraction of sp³-hybridized carbons (Fsp3) is 0.833. The molecule has 21 heavy (non-hydrogen) atoms. The molecule has 0 N–H and O–H groups in total. The summed E-state index contributed by atoms with van der Waals surface area (Å²) in [6.07, 6.45) is 11.9. The highest BCUT2D eigenvalue weighted by molar-refractivity contribution is 5.33. The largest absolute Gasteiger partial charge is 0.287 e. The number of rotatable bonds is 1. The Balaban J connectivity index is 1.69. The van der Waals surface area contributed by atoms with Crippen LogP contribution in [-0.2, 0) is 25.4 Å². The number of hydrogen-bond acceptors (Lipinski definition) is 1. The van der Waals surface area contributed by atoms with Crippen LogP contribution >= 0.6 is 0 Å². The van der Waals surface area contributed by atoms with E-state index in [1.807, 2.05) is 11.7 Å². The van der Waals surface area contributed by atoms with Crippen molar-refractivity contribution in [1.29, 1.82) is 0 Å². The lowest BCUT2D eigenvalue weighted by Crippen LogP contribution is -2.50. The van der Waals surface area contributed by atoms with Crippen molar-refractivity contribution >= 4 is 0 Å². The Morgan fingerprint density at radius 1 is 1.00 bits per heavy atom. The van der Waals surface area contributed by atoms with Crippen LogP contribution in [0.2, 0.25) is 0 Å². The second-order valence-electron chi connectivity index (χ2n) is 8.43. The summed E-state index contributed by atoms with van der Waals surface area (Å²) in [7, 11) is 1.99. The second-order valence-corrected chi connectivity index (χ2v) is 8.43. The molecule has 1 aromatic rings. The average Bonchev–Trinajstić information content (AvgIpc) is 2.70. The topological polar surface area (TPSA) is 26.9 Å². The van der Waals surface area contributed by atoms with Crippen LogP contribution in [0.15, 0.2) is 4.79 Å². The predicted octanol–water partition coefficient (Wildman–Crippen LogP) is 2.99. The van der Waals surface area contributed by atoms with Crippen LogP contribution in [0.3, 0.4) is 0 Å². The monoisotopic (exact) mass is 286 g/mol. The van der Waals surface area contributed by atoms with Crippen LogP contribution in [-0.4, -0.2) is 9.36 Å². The Labute approximate surface area is 126 Å². The number of hydrogen-bond donors (Lipinski definition) is 0. The van der Waals surface area contributed by atoms with Crippen LogP contribution in [0.1, 0.15) is 62.6 Å². The molecule has 5 aliphatic rings. The Kier molecular flexibility index (Phi) is 2.42. The van der Waals surface area contributed by atoms with Crippen molar-refractivity contribution in [3.8, 4) is 0 Å². The third-order valence-corrected chi connectivity index (χ3v) is 7.07. The zero-order valence-electron chi connectivity index (χ0n) is 13.1. The van der Waals surface area contributed by atoms with Crippen molar-refractivity contribution in [2.75, 3.05) is 0 Å². The Morgan fingerprint density at radius 3 is 2.24 bits per heavy atom. The molecule has 114 valence electrons. The van der Waals surface area contributed by atoms with Gasteiger partial charge in [0.05, 0.1) is 0 Å². The quantitative estimate of drug-likeness (QED) is 0.779. The summed E-state index contributed by atoms with van der Waals surface area (Å²) in [6, 6.07) is 0. The summed E-state index contributed by atoms with van der Waals surface area (Å²) in [5.74, 6) is 2.75. The first-order valence-electron chi connectivity index (χ1n) is 8.95. The van der Waals surface area contributed by atoms with Gasteiger partial charge in [-0.25, -0.2) is 0 Å². The Bertz CT molecular complexity index is 616. The van der Waals surface area contributed by atoms with Gasteiger partial charge in [0.2, 0.25) is 0 Å². The van der Waals surface area contributed by atoms with Crippen LogP contribution < -0.4 is 5.56 Å². The molecule has 0 amide bonds. The molecule has 0 aromatic carbocycles. The fourth-order valence-electron chi connectivity index (χ4n) is 6.75. The standard InChI is InChI=1S/C18H26N2O/c1-19-17(21)16(15-4-2-3-5-20(15)19)18-9-12-6-13(10-18)8-14(7-12)11-18/h12-14H,2-11H2,1H3. The Hall–Kier alpha value is -0.990. The molecule has 6 rings (SSSR count). The first kappa shape index (κ1) is 12.5. The molecule has 3 nitrogen and oxygen atoms in total. The van der Waals surface area contributed by atoms with Gasteiger partial charge in [0.25, 0.3) is 5.56 Å². The van der Waals surface area contributed by atoms with Gasteiger partial charge in [-0.2, -0.15) is 0 Å². The van der Waals surface area contributed by atoms with Crippen molar-refractivity contribution in [2.45, 2.75) is 69.7 Å². The maximum absolute atomic E-state index is 13.0. The lowest BCUT2D eigenvalue weighted by Gasteiger charge is -2.56. The molecule has 4 aliphatic carbocycles. The molecule has 0 radical (unpaired) electrons. The summed E-state index contributed by atoms with van der Waals surface area (Å²) in [5.41, 5.74) is 3.29. The van der Waals surface area contributed by atoms with Crippen LogP contribution in [0.4, 0.5) is 0 Å². The minimum Gasteiger partial charge on any atom is -0.287 e. The molecule has 0 saturated heterocycles. The smallest absolute Gasteiger partial charge is 0.270 e. The Morgan fingerprint density at radius 2 is 1.62 bits per heavy atom. The van der Waals surface area contributed by atoms with E-state index in [4.69, 9.17) is 0 Å². The van der Waals surface area contributed by atoms with Gasteiger partial charge >= 0.3 is 0 Å². The zero-order valence-corrected chi connectivity index (χ0v) is 13.1. The minimum absolute atomic E-state index is 0.265. The van der Waals surface area contributed by atoms with Crippen LogP contribution in [0.5, 0.6) is 0 Å². The third kappa shape index (κ3) is 1.58. The molecule has 2 heterocycles. The van der Waals surface area contributed by atoms with E-state index in [0.29, 0.717) is 5.56 Å². The van der Waals surface area contributed by atoms with Gasteiger partial charge in [0.15, 0.2) is 0 Å². The summed E-state index contributed by atoms with van der Waals surface area (Å²) >= 11 is 0. The maximum atomic E-state index is 13.0. The zero-order chi connectivity index (χ0) is 14.2. The van der Waals surface area contributed by atoms with Gasteiger partial charge in [-0.1, -0.05) is 0 Å². The average molecular weight is 286 g/mol. The van der Waals surface area contributed by atoms with Crippen molar-refractivity contribution in [3.05, 3.63) is 21.6 Å². The molecular formula is C18H26N2O. The lowest BCUT2D eigenvalue weighted by atomic mass is 9.48. The highest BCUT2D eigenvalue weighted by atomic mass is 16.1. The molecule has 0 unspecified atom stereocenters. The molecule has 4 bridgehead atoms. The normalized spacial score (nSPS) is 40.5. The van der Waals surface area contributed by atoms with E-state index in [1.165, 1.54) is 62.6 Å². The fourth-order valence-corrected chi connectivity index (χ4v) is 6.75. The van der Waals surface area contributed by atoms with Crippen molar-refractivity contribution in [3.63, 3.8) is 0 Å². The van der Waals surface area contributed by atoms with E-state index >= 15 is 0 Å². The predicted molar refractivity (Wildman–Crippen MR) is 82.5 cm³/mol. The van der Waals surface area contributed by atoms with E-state index in [-0.39, 0.29) is 5.41 Å². The molecule has 0 atom stereocenters. The molecule has 1 aliphatic heterocycles. The molecule has 4 fully saturated rings. The van der Waals surface area contributed by atoms with Crippen molar-refractivity contribution < 1.29 is 0 Å². The number of aromatic nitrogens is 2. The van der Waals surface area contributed by atoms with Crippen molar-refractivity contribution in [2.24, 2.45) is 24.8 Å². The van der Waals surface area contributed by atoms with E-state index in [9.17, 15) is 4.79 Å². The molecule has 0 spiro atoms. The summed E-state index contributed by atoms with van der Waals surface area (Å²) in [4.78, 5) is 13.0. The first-order valence-corrected chi connectivity index (χ1v) is 8.95. The summed E-state index contributed by atoms with van der Waals surface area (Å²) in [5, 5.41) is 0. The maximum Gasteiger partial charge on any atom is 0.270 e. The van der Waals surface area contributed by atoms with Crippen LogP contribution in [0.25, 0.3) is 0 Å². The van der Waals surface area contributed by atoms with Gasteiger partial charge in [0.1, 0.15) is 0 Å². The third-order valence-electron chi connectivity index (χ3n) is 7.07. The van der Waals surface area contributed by atoms with Gasteiger partial charge in [-0.3, -0.25) is 14.2 Å².